The minimum Gasteiger partial charge on any atom is -0.420 e. The van der Waals surface area contributed by atoms with Crippen LogP contribution in [0.4, 0.5) is 14.5 Å². The first-order valence-corrected chi connectivity index (χ1v) is 5.03. The van der Waals surface area contributed by atoms with Crippen LogP contribution < -0.4 is 10.1 Å². The summed E-state index contributed by atoms with van der Waals surface area (Å²) in [5.41, 5.74) is -3.32. The Balaban J connectivity index is 2.64. The van der Waals surface area contributed by atoms with Crippen molar-refractivity contribution in [2.45, 2.75) is 5.57 Å². The minimum atomic E-state index is -3.75. The quantitative estimate of drug-likeness (QED) is 0.854. The van der Waals surface area contributed by atoms with E-state index >= 15 is 0 Å². The molecule has 0 spiro atoms. The van der Waals surface area contributed by atoms with E-state index in [0.717, 1.165) is 0 Å². The van der Waals surface area contributed by atoms with Crippen LogP contribution in [-0.4, -0.2) is 17.4 Å². The summed E-state index contributed by atoms with van der Waals surface area (Å²) < 4.78 is 28.5. The Hall–Kier alpha value is -1.07. The first kappa shape index (κ1) is 13.0. The number of halogens is 4. The van der Waals surface area contributed by atoms with E-state index in [-0.39, 0.29) is 11.6 Å². The molecule has 3 nitrogen and oxygen atoms in total. The Morgan fingerprint density at radius 1 is 1.38 bits per heavy atom. The van der Waals surface area contributed by atoms with Crippen molar-refractivity contribution in [1.82, 2.24) is 0 Å². The van der Waals surface area contributed by atoms with Gasteiger partial charge >= 0.3 is 5.57 Å². The summed E-state index contributed by atoms with van der Waals surface area (Å²) in [6, 6.07) is 5.28. The summed E-state index contributed by atoms with van der Waals surface area (Å²) >= 11 is 9.84. The number of rotatable bonds is 4. The van der Waals surface area contributed by atoms with Crippen molar-refractivity contribution in [2.75, 3.05) is 11.2 Å². The zero-order valence-electron chi connectivity index (χ0n) is 7.84. The molecule has 0 aliphatic heterocycles. The zero-order valence-corrected chi connectivity index (χ0v) is 9.36. The molecule has 0 radical (unpaired) electrons. The lowest BCUT2D eigenvalue weighted by molar-refractivity contribution is -0.114. The second kappa shape index (κ2) is 5.32. The second-order valence-corrected chi connectivity index (χ2v) is 3.46. The number of hydrogen-bond acceptors (Lipinski definition) is 2. The molecular weight excluding hydrogens is 263 g/mol. The van der Waals surface area contributed by atoms with Gasteiger partial charge in [-0.25, -0.2) is 0 Å². The molecular formula is C9H7Cl2F2NO2. The molecule has 0 bridgehead atoms. The van der Waals surface area contributed by atoms with Crippen LogP contribution in [0.3, 0.4) is 0 Å². The van der Waals surface area contributed by atoms with Gasteiger partial charge in [-0.1, -0.05) is 0 Å². The predicted molar refractivity (Wildman–Crippen MR) is 57.2 cm³/mol. The van der Waals surface area contributed by atoms with Gasteiger partial charge in [0.1, 0.15) is 11.6 Å². The molecule has 1 N–H and O–H groups in total. The zero-order chi connectivity index (χ0) is 12.2. The molecule has 0 heterocycles. The van der Waals surface area contributed by atoms with E-state index in [2.05, 4.69) is 21.7 Å². The van der Waals surface area contributed by atoms with Gasteiger partial charge in [0.25, 0.3) is 0 Å². The van der Waals surface area contributed by atoms with Crippen molar-refractivity contribution in [3.05, 3.63) is 24.3 Å². The first-order chi connectivity index (χ1) is 7.40. The van der Waals surface area contributed by atoms with E-state index in [0.29, 0.717) is 5.69 Å². The van der Waals surface area contributed by atoms with Crippen molar-refractivity contribution in [2.24, 2.45) is 0 Å². The van der Waals surface area contributed by atoms with Gasteiger partial charge in [-0.05, 0) is 24.3 Å². The number of benzene rings is 1. The molecule has 0 unspecified atom stereocenters. The van der Waals surface area contributed by atoms with Gasteiger partial charge in [0.2, 0.25) is 5.91 Å². The molecule has 1 aromatic rings. The highest BCUT2D eigenvalue weighted by Gasteiger charge is 2.27. The number of ether oxygens (including phenoxy) is 1. The van der Waals surface area contributed by atoms with Crippen molar-refractivity contribution < 1.29 is 18.3 Å². The van der Waals surface area contributed by atoms with E-state index in [9.17, 15) is 13.6 Å². The van der Waals surface area contributed by atoms with Crippen LogP contribution in [0, 0.1) is 0 Å². The second-order valence-electron chi connectivity index (χ2n) is 2.75. The first-order valence-electron chi connectivity index (χ1n) is 4.12. The Morgan fingerprint density at radius 3 is 2.38 bits per heavy atom. The smallest absolute Gasteiger partial charge is 0.420 e. The number of amides is 1. The number of hydrogen-bond donors (Lipinski definition) is 1. The molecule has 0 aliphatic rings. The molecule has 0 aliphatic carbocycles. The summed E-state index contributed by atoms with van der Waals surface area (Å²) in [5.74, 6) is -0.681. The maximum absolute atomic E-state index is 12.2. The number of nitrogens with one attached hydrogen (secondary N) is 1. The summed E-state index contributed by atoms with van der Waals surface area (Å²) in [7, 11) is 0. The van der Waals surface area contributed by atoms with E-state index in [4.69, 9.17) is 11.6 Å². The Morgan fingerprint density at radius 2 is 1.94 bits per heavy atom. The predicted octanol–water partition coefficient (Wildman–Crippen LogP) is 3.03. The molecule has 0 saturated carbocycles. The number of carbonyl (C=O) groups is 1. The highest BCUT2D eigenvalue weighted by molar-refractivity contribution is 6.29. The van der Waals surface area contributed by atoms with Gasteiger partial charge in [0, 0.05) is 17.3 Å². The van der Waals surface area contributed by atoms with Gasteiger partial charge in [-0.3, -0.25) is 4.79 Å². The van der Waals surface area contributed by atoms with Crippen LogP contribution in [0.5, 0.6) is 5.75 Å². The fraction of sp³-hybridized carbons (Fsp3) is 0.222. The maximum atomic E-state index is 12.2. The minimum absolute atomic E-state index is 0.108. The highest BCUT2D eigenvalue weighted by Crippen LogP contribution is 2.25. The molecule has 1 rings (SSSR count). The lowest BCUT2D eigenvalue weighted by Crippen LogP contribution is -2.16. The van der Waals surface area contributed by atoms with Crippen molar-refractivity contribution >= 4 is 34.8 Å². The fourth-order valence-corrected chi connectivity index (χ4v) is 1.09. The molecule has 88 valence electrons. The van der Waals surface area contributed by atoms with Gasteiger partial charge in [0.15, 0.2) is 0 Å². The van der Waals surface area contributed by atoms with Crippen LogP contribution in [0.2, 0.25) is 0 Å². The monoisotopic (exact) mass is 269 g/mol. The SMILES string of the molecule is O=C(CCl)Nc1ccc(OC(F)(F)Cl)cc1. The van der Waals surface area contributed by atoms with Crippen LogP contribution >= 0.6 is 23.2 Å². The molecule has 1 amide bonds. The van der Waals surface area contributed by atoms with Crippen LogP contribution in [0.1, 0.15) is 0 Å². The molecule has 0 atom stereocenters. The summed E-state index contributed by atoms with van der Waals surface area (Å²) in [5, 5.41) is 2.43. The van der Waals surface area contributed by atoms with Crippen molar-refractivity contribution in [3.63, 3.8) is 0 Å². The largest absolute Gasteiger partial charge is 0.487 e. The molecule has 0 fully saturated rings. The Kier molecular flexibility index (Phi) is 4.32. The Bertz CT molecular complexity index is 365. The summed E-state index contributed by atoms with van der Waals surface area (Å²) in [6.45, 7) is 0. The van der Waals surface area contributed by atoms with E-state index in [1.165, 1.54) is 24.3 Å². The molecule has 7 heteroatoms. The maximum Gasteiger partial charge on any atom is 0.487 e. The van der Waals surface area contributed by atoms with Gasteiger partial charge in [-0.2, -0.15) is 0 Å². The van der Waals surface area contributed by atoms with Crippen LogP contribution in [0.25, 0.3) is 0 Å². The van der Waals surface area contributed by atoms with Gasteiger partial charge < -0.3 is 10.1 Å². The van der Waals surface area contributed by atoms with E-state index < -0.39 is 11.5 Å². The summed E-state index contributed by atoms with van der Waals surface area (Å²) in [6.07, 6.45) is 0. The van der Waals surface area contributed by atoms with Gasteiger partial charge in [-0.15, -0.1) is 20.4 Å². The number of anilines is 1. The van der Waals surface area contributed by atoms with E-state index in [1.807, 2.05) is 0 Å². The number of carbonyl (C=O) groups excluding carboxylic acids is 1. The van der Waals surface area contributed by atoms with Crippen molar-refractivity contribution in [1.29, 1.82) is 0 Å². The fourth-order valence-electron chi connectivity index (χ4n) is 0.934. The average molecular weight is 270 g/mol. The molecule has 0 aromatic heterocycles. The van der Waals surface area contributed by atoms with Crippen LogP contribution in [-0.2, 0) is 4.79 Å². The normalized spacial score (nSPS) is 11.0. The third-order valence-electron chi connectivity index (χ3n) is 1.49. The molecule has 1 aromatic carbocycles. The third-order valence-corrected chi connectivity index (χ3v) is 1.81. The van der Waals surface area contributed by atoms with E-state index in [1.54, 1.807) is 0 Å². The van der Waals surface area contributed by atoms with Crippen molar-refractivity contribution in [3.8, 4) is 5.75 Å². The Labute approximate surface area is 100 Å². The lowest BCUT2D eigenvalue weighted by Gasteiger charge is -2.10. The topological polar surface area (TPSA) is 38.3 Å². The summed E-state index contributed by atoms with van der Waals surface area (Å²) in [4.78, 5) is 10.9. The lowest BCUT2D eigenvalue weighted by atomic mass is 10.3. The standard InChI is InChI=1S/C9H7Cl2F2NO2/c10-5-8(15)14-6-1-3-7(4-2-6)16-9(11,12)13/h1-4H,5H2,(H,14,15). The average Bonchev–Trinajstić information content (AvgIpc) is 2.18. The third kappa shape index (κ3) is 4.63. The highest BCUT2D eigenvalue weighted by atomic mass is 35.5. The van der Waals surface area contributed by atoms with Crippen LogP contribution in [0.15, 0.2) is 24.3 Å². The van der Waals surface area contributed by atoms with Gasteiger partial charge in [0.05, 0.1) is 0 Å². The number of alkyl halides is 4. The molecule has 0 saturated heterocycles. The molecule has 16 heavy (non-hydrogen) atoms.